The van der Waals surface area contributed by atoms with E-state index < -0.39 is 5.60 Å². The average molecular weight is 366 g/mol. The zero-order chi connectivity index (χ0) is 18.3. The first-order valence-corrected chi connectivity index (χ1v) is 9.01. The van der Waals surface area contributed by atoms with Gasteiger partial charge in [0.25, 0.3) is 0 Å². The number of phenols is 1. The van der Waals surface area contributed by atoms with Crippen LogP contribution in [0.15, 0.2) is 24.3 Å². The molecule has 0 fully saturated rings. The summed E-state index contributed by atoms with van der Waals surface area (Å²) in [5.74, 6) is 3.50. The van der Waals surface area contributed by atoms with Gasteiger partial charge in [0, 0.05) is 17.7 Å². The van der Waals surface area contributed by atoms with Crippen LogP contribution in [0.25, 0.3) is 6.08 Å². The maximum Gasteiger partial charge on any atom is 0.231 e. The Morgan fingerprint density at radius 1 is 0.963 bits per heavy atom. The van der Waals surface area contributed by atoms with Crippen molar-refractivity contribution in [3.05, 3.63) is 41.0 Å². The van der Waals surface area contributed by atoms with Crippen molar-refractivity contribution in [3.63, 3.8) is 0 Å². The fraction of sp³-hybridized carbons (Fsp3) is 0.333. The van der Waals surface area contributed by atoms with E-state index >= 15 is 0 Å². The third-order valence-electron chi connectivity index (χ3n) is 5.55. The van der Waals surface area contributed by atoms with Crippen LogP contribution < -0.4 is 23.7 Å². The summed E-state index contributed by atoms with van der Waals surface area (Å²) in [5, 5.41) is 11.0. The highest BCUT2D eigenvalue weighted by Crippen LogP contribution is 2.58. The number of hydrogen-bond donors (Lipinski definition) is 1. The fourth-order valence-corrected chi connectivity index (χ4v) is 4.22. The predicted octanol–water partition coefficient (Wildman–Crippen LogP) is 3.91. The van der Waals surface area contributed by atoms with Crippen LogP contribution in [-0.2, 0) is 0 Å². The number of fused-ring (bicyclic) bond motifs is 7. The van der Waals surface area contributed by atoms with Gasteiger partial charge < -0.3 is 28.8 Å². The Hall–Kier alpha value is -3.02. The summed E-state index contributed by atoms with van der Waals surface area (Å²) >= 11 is 0. The SMILES string of the molecule is CC1(C)C=Cc2c(cc3c(c2O)[C@@H]2Oc4cc5c(cc4[C@@H]2CO3)OCO5)O1. The van der Waals surface area contributed by atoms with E-state index in [0.29, 0.717) is 35.0 Å². The number of ether oxygens (including phenoxy) is 5. The zero-order valence-electron chi connectivity index (χ0n) is 14.9. The van der Waals surface area contributed by atoms with Gasteiger partial charge in [-0.15, -0.1) is 0 Å². The average Bonchev–Trinajstić information content (AvgIpc) is 3.21. The van der Waals surface area contributed by atoms with E-state index in [1.54, 1.807) is 0 Å². The molecule has 0 spiro atoms. The molecule has 0 saturated carbocycles. The minimum atomic E-state index is -0.425. The lowest BCUT2D eigenvalue weighted by molar-refractivity contribution is 0.130. The Balaban J connectivity index is 1.47. The monoisotopic (exact) mass is 366 g/mol. The molecule has 6 rings (SSSR count). The fourth-order valence-electron chi connectivity index (χ4n) is 4.22. The molecular weight excluding hydrogens is 348 g/mol. The first-order chi connectivity index (χ1) is 13.0. The van der Waals surface area contributed by atoms with Crippen LogP contribution in [0.4, 0.5) is 0 Å². The molecule has 2 aromatic rings. The van der Waals surface area contributed by atoms with Crippen LogP contribution >= 0.6 is 0 Å². The second-order valence-corrected chi connectivity index (χ2v) is 7.79. The molecule has 2 aromatic carbocycles. The largest absolute Gasteiger partial charge is 0.507 e. The topological polar surface area (TPSA) is 66.4 Å². The minimum Gasteiger partial charge on any atom is -0.507 e. The minimum absolute atomic E-state index is 0.0177. The van der Waals surface area contributed by atoms with Gasteiger partial charge in [-0.2, -0.15) is 0 Å². The molecule has 4 aliphatic heterocycles. The van der Waals surface area contributed by atoms with Crippen molar-refractivity contribution in [2.24, 2.45) is 0 Å². The molecule has 0 bridgehead atoms. The van der Waals surface area contributed by atoms with Gasteiger partial charge in [-0.05, 0) is 32.1 Å². The van der Waals surface area contributed by atoms with E-state index in [4.69, 9.17) is 23.7 Å². The molecule has 0 unspecified atom stereocenters. The molecule has 2 atom stereocenters. The van der Waals surface area contributed by atoms with E-state index in [-0.39, 0.29) is 24.6 Å². The lowest BCUT2D eigenvalue weighted by atomic mass is 9.87. The summed E-state index contributed by atoms with van der Waals surface area (Å²) in [6, 6.07) is 5.67. The molecule has 0 amide bonds. The van der Waals surface area contributed by atoms with Gasteiger partial charge in [-0.1, -0.05) is 0 Å². The molecule has 0 aromatic heterocycles. The van der Waals surface area contributed by atoms with Gasteiger partial charge >= 0.3 is 0 Å². The zero-order valence-corrected chi connectivity index (χ0v) is 14.9. The molecule has 0 radical (unpaired) electrons. The van der Waals surface area contributed by atoms with Crippen LogP contribution in [0.2, 0.25) is 0 Å². The van der Waals surface area contributed by atoms with Crippen molar-refractivity contribution in [1.82, 2.24) is 0 Å². The Morgan fingerprint density at radius 3 is 2.59 bits per heavy atom. The molecule has 0 saturated heterocycles. The molecule has 1 N–H and O–H groups in total. The Bertz CT molecular complexity index is 1020. The van der Waals surface area contributed by atoms with E-state index in [1.165, 1.54) is 0 Å². The summed E-state index contributed by atoms with van der Waals surface area (Å²) < 4.78 is 29.2. The Labute approximate surface area is 155 Å². The summed E-state index contributed by atoms with van der Waals surface area (Å²) in [5.41, 5.74) is 1.91. The third kappa shape index (κ3) is 2.01. The Morgan fingerprint density at radius 2 is 1.74 bits per heavy atom. The highest BCUT2D eigenvalue weighted by atomic mass is 16.7. The lowest BCUT2D eigenvalue weighted by Crippen LogP contribution is -2.28. The van der Waals surface area contributed by atoms with Crippen LogP contribution in [0.3, 0.4) is 0 Å². The van der Waals surface area contributed by atoms with Crippen molar-refractivity contribution in [2.45, 2.75) is 31.5 Å². The summed E-state index contributed by atoms with van der Waals surface area (Å²) in [6.07, 6.45) is 3.52. The second kappa shape index (κ2) is 4.82. The summed E-state index contributed by atoms with van der Waals surface area (Å²) in [4.78, 5) is 0. The molecule has 0 aliphatic carbocycles. The second-order valence-electron chi connectivity index (χ2n) is 7.79. The molecule has 6 nitrogen and oxygen atoms in total. The van der Waals surface area contributed by atoms with Gasteiger partial charge in [-0.25, -0.2) is 0 Å². The molecule has 6 heteroatoms. The van der Waals surface area contributed by atoms with Crippen molar-refractivity contribution in [2.75, 3.05) is 13.4 Å². The van der Waals surface area contributed by atoms with Gasteiger partial charge in [0.05, 0.1) is 23.7 Å². The molecule has 138 valence electrons. The predicted molar refractivity (Wildman–Crippen MR) is 96.0 cm³/mol. The van der Waals surface area contributed by atoms with Gasteiger partial charge in [0.2, 0.25) is 6.79 Å². The number of aromatic hydroxyl groups is 1. The highest BCUT2D eigenvalue weighted by Gasteiger charge is 2.45. The normalized spacial score (nSPS) is 24.7. The van der Waals surface area contributed by atoms with E-state index in [9.17, 15) is 5.11 Å². The first kappa shape index (κ1) is 15.1. The molecule has 27 heavy (non-hydrogen) atoms. The Kier molecular flexibility index (Phi) is 2.69. The quantitative estimate of drug-likeness (QED) is 0.762. The lowest BCUT2D eigenvalue weighted by Gasteiger charge is -2.33. The van der Waals surface area contributed by atoms with Crippen molar-refractivity contribution in [3.8, 4) is 34.5 Å². The number of benzene rings is 2. The number of hydrogen-bond acceptors (Lipinski definition) is 6. The molecule has 4 aliphatic rings. The van der Waals surface area contributed by atoms with Gasteiger partial charge in [-0.3, -0.25) is 0 Å². The van der Waals surface area contributed by atoms with Crippen LogP contribution in [0.1, 0.15) is 42.6 Å². The van der Waals surface area contributed by atoms with Gasteiger partial charge in [0.1, 0.15) is 34.7 Å². The highest BCUT2D eigenvalue weighted by molar-refractivity contribution is 5.73. The van der Waals surface area contributed by atoms with E-state index in [0.717, 1.165) is 17.1 Å². The standard InChI is InChI=1S/C21H18O6/c1-21(2)4-3-10-14(27-21)7-17-18(19(10)22)20-12(8-23-17)11-5-15-16(25-9-24-15)6-13(11)26-20/h3-7,12,20,22H,8-9H2,1-2H3/t12-,20+/m0/s1. The van der Waals surface area contributed by atoms with Crippen LogP contribution in [-0.4, -0.2) is 24.1 Å². The van der Waals surface area contributed by atoms with E-state index in [2.05, 4.69) is 0 Å². The maximum absolute atomic E-state index is 11.0. The summed E-state index contributed by atoms with van der Waals surface area (Å²) in [7, 11) is 0. The summed E-state index contributed by atoms with van der Waals surface area (Å²) in [6.45, 7) is 4.63. The van der Waals surface area contributed by atoms with E-state index in [1.807, 2.05) is 44.2 Å². The van der Waals surface area contributed by atoms with Crippen LogP contribution in [0.5, 0.6) is 34.5 Å². The van der Waals surface area contributed by atoms with Crippen molar-refractivity contribution >= 4 is 6.08 Å². The number of rotatable bonds is 0. The van der Waals surface area contributed by atoms with Crippen LogP contribution in [0, 0.1) is 0 Å². The smallest absolute Gasteiger partial charge is 0.231 e. The first-order valence-electron chi connectivity index (χ1n) is 9.01. The third-order valence-corrected chi connectivity index (χ3v) is 5.55. The molecular formula is C21H18O6. The molecule has 4 heterocycles. The maximum atomic E-state index is 11.0. The van der Waals surface area contributed by atoms with Crippen molar-refractivity contribution < 1.29 is 28.8 Å². The number of phenolic OH excluding ortho intramolecular Hbond substituents is 1. The van der Waals surface area contributed by atoms with Crippen molar-refractivity contribution in [1.29, 1.82) is 0 Å². The van der Waals surface area contributed by atoms with Gasteiger partial charge in [0.15, 0.2) is 11.5 Å².